The number of nitrogens with zero attached hydrogens (tertiary/aromatic N) is 1. The maximum atomic E-state index is 12.9. The molecule has 30 heavy (non-hydrogen) atoms. The molecule has 1 saturated heterocycles. The van der Waals surface area contributed by atoms with Crippen molar-refractivity contribution in [2.24, 2.45) is 5.92 Å². The third-order valence-corrected chi connectivity index (χ3v) is 6.39. The maximum Gasteiger partial charge on any atom is 0.254 e. The van der Waals surface area contributed by atoms with E-state index in [1.165, 1.54) is 5.56 Å². The van der Waals surface area contributed by atoms with E-state index in [9.17, 15) is 9.59 Å². The van der Waals surface area contributed by atoms with Gasteiger partial charge in [0.1, 0.15) is 0 Å². The number of amides is 2. The largest absolute Gasteiger partial charge is 0.361 e. The highest BCUT2D eigenvalue weighted by molar-refractivity contribution is 5.87. The Bertz CT molecular complexity index is 920. The number of likely N-dealkylation sites (N-methyl/N-ethyl adjacent to an activating group) is 1. The first-order valence-electron chi connectivity index (χ1n) is 10.8. The van der Waals surface area contributed by atoms with E-state index in [1.54, 1.807) is 7.05 Å². The standard InChI is InChI=1S/C25H30N2O3/c1-18-9-11-20(12-10-18)22-8-3-5-19(15-22)16-25(24(29)26-2)17-27(13-14-30-25)23(28)21-6-4-7-21/h3,5,8-12,15,21H,4,6-7,13-14,16-17H2,1-2H3,(H,26,29)/t25-/m0/s1. The minimum Gasteiger partial charge on any atom is -0.361 e. The van der Waals surface area contributed by atoms with Crippen LogP contribution in [0, 0.1) is 12.8 Å². The van der Waals surface area contributed by atoms with Gasteiger partial charge in [0.2, 0.25) is 5.91 Å². The van der Waals surface area contributed by atoms with Gasteiger partial charge in [-0.1, -0.05) is 60.5 Å². The van der Waals surface area contributed by atoms with Gasteiger partial charge in [-0.15, -0.1) is 0 Å². The van der Waals surface area contributed by atoms with Crippen LogP contribution in [0.3, 0.4) is 0 Å². The molecule has 2 aromatic rings. The molecular weight excluding hydrogens is 376 g/mol. The molecule has 0 unspecified atom stereocenters. The van der Waals surface area contributed by atoms with Crippen LogP contribution in [-0.4, -0.2) is 49.1 Å². The van der Waals surface area contributed by atoms with E-state index < -0.39 is 5.60 Å². The molecule has 1 N–H and O–H groups in total. The molecule has 2 amide bonds. The molecule has 1 aliphatic carbocycles. The Morgan fingerprint density at radius 3 is 2.57 bits per heavy atom. The number of aryl methyl sites for hydroxylation is 1. The number of rotatable bonds is 5. The van der Waals surface area contributed by atoms with Gasteiger partial charge in [-0.2, -0.15) is 0 Å². The summed E-state index contributed by atoms with van der Waals surface area (Å²) >= 11 is 0. The van der Waals surface area contributed by atoms with E-state index in [2.05, 4.69) is 48.6 Å². The highest BCUT2D eigenvalue weighted by atomic mass is 16.5. The smallest absolute Gasteiger partial charge is 0.254 e. The fourth-order valence-corrected chi connectivity index (χ4v) is 4.37. The monoisotopic (exact) mass is 406 g/mol. The summed E-state index contributed by atoms with van der Waals surface area (Å²) < 4.78 is 6.09. The lowest BCUT2D eigenvalue weighted by Crippen LogP contribution is -2.62. The lowest BCUT2D eigenvalue weighted by atomic mass is 9.83. The summed E-state index contributed by atoms with van der Waals surface area (Å²) in [5.41, 5.74) is 3.44. The molecule has 0 spiro atoms. The fraction of sp³-hybridized carbons (Fsp3) is 0.440. The summed E-state index contributed by atoms with van der Waals surface area (Å²) in [6.07, 6.45) is 3.47. The number of morpholine rings is 1. The number of nitrogens with one attached hydrogen (secondary N) is 1. The Kier molecular flexibility index (Phi) is 5.91. The zero-order valence-electron chi connectivity index (χ0n) is 17.8. The molecule has 0 bridgehead atoms. The van der Waals surface area contributed by atoms with Crippen molar-refractivity contribution in [3.05, 3.63) is 59.7 Å². The maximum absolute atomic E-state index is 12.9. The Balaban J connectivity index is 1.58. The van der Waals surface area contributed by atoms with Crippen LogP contribution in [0.15, 0.2) is 48.5 Å². The molecule has 4 rings (SSSR count). The van der Waals surface area contributed by atoms with Crippen LogP contribution in [0.5, 0.6) is 0 Å². The summed E-state index contributed by atoms with van der Waals surface area (Å²) in [6, 6.07) is 16.7. The highest BCUT2D eigenvalue weighted by Crippen LogP contribution is 2.32. The van der Waals surface area contributed by atoms with Crippen molar-refractivity contribution in [1.29, 1.82) is 0 Å². The molecular formula is C25H30N2O3. The molecule has 0 aromatic heterocycles. The van der Waals surface area contributed by atoms with Crippen molar-refractivity contribution in [2.45, 2.75) is 38.2 Å². The first kappa shape index (κ1) is 20.6. The van der Waals surface area contributed by atoms with Gasteiger partial charge in [0.15, 0.2) is 5.60 Å². The molecule has 1 aliphatic heterocycles. The van der Waals surface area contributed by atoms with E-state index in [1.807, 2.05) is 17.0 Å². The molecule has 1 saturated carbocycles. The third kappa shape index (κ3) is 4.12. The van der Waals surface area contributed by atoms with E-state index in [0.717, 1.165) is 36.0 Å². The van der Waals surface area contributed by atoms with E-state index in [0.29, 0.717) is 26.1 Å². The summed E-state index contributed by atoms with van der Waals surface area (Å²) in [6.45, 7) is 3.31. The van der Waals surface area contributed by atoms with Gasteiger partial charge in [0.25, 0.3) is 5.91 Å². The second kappa shape index (κ2) is 8.60. The number of hydrogen-bond donors (Lipinski definition) is 1. The van der Waals surface area contributed by atoms with Crippen molar-refractivity contribution in [1.82, 2.24) is 10.2 Å². The van der Waals surface area contributed by atoms with Crippen LogP contribution >= 0.6 is 0 Å². The van der Waals surface area contributed by atoms with Crippen LogP contribution in [0.1, 0.15) is 30.4 Å². The van der Waals surface area contributed by atoms with Crippen LogP contribution in [0.2, 0.25) is 0 Å². The molecule has 1 atom stereocenters. The van der Waals surface area contributed by atoms with E-state index in [4.69, 9.17) is 4.74 Å². The number of ether oxygens (including phenoxy) is 1. The molecule has 1 heterocycles. The number of carbonyl (C=O) groups is 2. The molecule has 158 valence electrons. The quantitative estimate of drug-likeness (QED) is 0.829. The van der Waals surface area contributed by atoms with Crippen molar-refractivity contribution in [3.63, 3.8) is 0 Å². The van der Waals surface area contributed by atoms with E-state index in [-0.39, 0.29) is 17.7 Å². The van der Waals surface area contributed by atoms with E-state index >= 15 is 0 Å². The van der Waals surface area contributed by atoms with Gasteiger partial charge < -0.3 is 15.0 Å². The second-order valence-electron chi connectivity index (χ2n) is 8.55. The second-order valence-corrected chi connectivity index (χ2v) is 8.55. The molecule has 2 fully saturated rings. The highest BCUT2D eigenvalue weighted by Gasteiger charge is 2.45. The molecule has 2 aliphatic rings. The molecule has 2 aromatic carbocycles. The first-order valence-corrected chi connectivity index (χ1v) is 10.8. The summed E-state index contributed by atoms with van der Waals surface area (Å²) in [7, 11) is 1.63. The normalized spacial score (nSPS) is 21.7. The minimum atomic E-state index is -1.06. The fourth-order valence-electron chi connectivity index (χ4n) is 4.37. The minimum absolute atomic E-state index is 0.121. The molecule has 5 nitrogen and oxygen atoms in total. The Hall–Kier alpha value is -2.66. The van der Waals surface area contributed by atoms with Gasteiger partial charge >= 0.3 is 0 Å². The number of carbonyl (C=O) groups excluding carboxylic acids is 2. The number of hydrogen-bond acceptors (Lipinski definition) is 3. The molecule has 0 radical (unpaired) electrons. The zero-order chi connectivity index (χ0) is 21.1. The van der Waals surface area contributed by atoms with Gasteiger partial charge in [-0.05, 0) is 36.5 Å². The topological polar surface area (TPSA) is 58.6 Å². The van der Waals surface area contributed by atoms with Crippen molar-refractivity contribution in [3.8, 4) is 11.1 Å². The third-order valence-electron chi connectivity index (χ3n) is 6.39. The SMILES string of the molecule is CNC(=O)[C@]1(Cc2cccc(-c3ccc(C)cc3)c2)CN(C(=O)C2CCC2)CCO1. The van der Waals surface area contributed by atoms with Gasteiger partial charge in [0.05, 0.1) is 13.2 Å². The van der Waals surface area contributed by atoms with Crippen LogP contribution in [0.4, 0.5) is 0 Å². The Labute approximate surface area is 178 Å². The van der Waals surface area contributed by atoms with Crippen LogP contribution in [-0.2, 0) is 20.7 Å². The molecule has 5 heteroatoms. The Morgan fingerprint density at radius 2 is 1.90 bits per heavy atom. The summed E-state index contributed by atoms with van der Waals surface area (Å²) in [4.78, 5) is 27.6. The first-order chi connectivity index (χ1) is 14.5. The predicted octanol–water partition coefficient (Wildman–Crippen LogP) is 3.35. The van der Waals surface area contributed by atoms with Gasteiger partial charge in [-0.3, -0.25) is 9.59 Å². The average molecular weight is 407 g/mol. The zero-order valence-corrected chi connectivity index (χ0v) is 17.8. The summed E-state index contributed by atoms with van der Waals surface area (Å²) in [5.74, 6) is 0.121. The van der Waals surface area contributed by atoms with Crippen LogP contribution < -0.4 is 5.32 Å². The summed E-state index contributed by atoms with van der Waals surface area (Å²) in [5, 5.41) is 2.76. The van der Waals surface area contributed by atoms with Crippen molar-refractivity contribution in [2.75, 3.05) is 26.7 Å². The number of benzene rings is 2. The Morgan fingerprint density at radius 1 is 1.13 bits per heavy atom. The lowest BCUT2D eigenvalue weighted by Gasteiger charge is -2.43. The van der Waals surface area contributed by atoms with Crippen molar-refractivity contribution < 1.29 is 14.3 Å². The lowest BCUT2D eigenvalue weighted by molar-refractivity contribution is -0.168. The average Bonchev–Trinajstić information content (AvgIpc) is 2.72. The predicted molar refractivity (Wildman–Crippen MR) is 117 cm³/mol. The van der Waals surface area contributed by atoms with Gasteiger partial charge in [0, 0.05) is 25.9 Å². The van der Waals surface area contributed by atoms with Gasteiger partial charge in [-0.25, -0.2) is 0 Å². The van der Waals surface area contributed by atoms with Crippen molar-refractivity contribution >= 4 is 11.8 Å². The van der Waals surface area contributed by atoms with Crippen LogP contribution in [0.25, 0.3) is 11.1 Å².